The van der Waals surface area contributed by atoms with Gasteiger partial charge in [-0.25, -0.2) is 9.67 Å². The summed E-state index contributed by atoms with van der Waals surface area (Å²) in [6, 6.07) is 14.8. The first kappa shape index (κ1) is 19.3. The fourth-order valence-electron chi connectivity index (χ4n) is 3.39. The molecule has 0 saturated carbocycles. The predicted molar refractivity (Wildman–Crippen MR) is 112 cm³/mol. The third-order valence-corrected chi connectivity index (χ3v) is 5.53. The number of carbonyl (C=O) groups excluding carboxylic acids is 2. The Balaban J connectivity index is 1.32. The minimum absolute atomic E-state index is 0.0965. The van der Waals surface area contributed by atoms with Crippen molar-refractivity contribution in [2.75, 3.05) is 18.4 Å². The Morgan fingerprint density at radius 1 is 1.10 bits per heavy atom. The van der Waals surface area contributed by atoms with Gasteiger partial charge in [-0.1, -0.05) is 28.1 Å². The van der Waals surface area contributed by atoms with Crippen LogP contribution in [0.5, 0.6) is 0 Å². The molecule has 2 aromatic carbocycles. The lowest BCUT2D eigenvalue weighted by atomic mass is 10.1. The van der Waals surface area contributed by atoms with Crippen LogP contribution in [0.15, 0.2) is 65.7 Å². The fourth-order valence-corrected chi connectivity index (χ4v) is 3.65. The van der Waals surface area contributed by atoms with Crippen LogP contribution < -0.4 is 5.32 Å². The highest BCUT2D eigenvalue weighted by molar-refractivity contribution is 9.10. The van der Waals surface area contributed by atoms with Crippen molar-refractivity contribution in [2.45, 2.75) is 18.9 Å². The maximum atomic E-state index is 12.6. The van der Waals surface area contributed by atoms with Crippen LogP contribution in [-0.4, -0.2) is 44.6 Å². The van der Waals surface area contributed by atoms with E-state index >= 15 is 0 Å². The number of nitrogens with one attached hydrogen (secondary N) is 1. The second-order valence-corrected chi connectivity index (χ2v) is 7.91. The Morgan fingerprint density at radius 3 is 2.55 bits per heavy atom. The summed E-state index contributed by atoms with van der Waals surface area (Å²) in [5.74, 6) is -0.0724. The van der Waals surface area contributed by atoms with Crippen LogP contribution in [0.3, 0.4) is 0 Å². The number of nitrogens with zero attached hydrogens (tertiary/aromatic N) is 4. The first-order chi connectivity index (χ1) is 14.1. The smallest absolute Gasteiger partial charge is 0.255 e. The van der Waals surface area contributed by atoms with Gasteiger partial charge in [-0.2, -0.15) is 5.10 Å². The minimum Gasteiger partial charge on any atom is -0.340 e. The molecule has 29 heavy (non-hydrogen) atoms. The molecule has 1 aliphatic rings. The number of rotatable bonds is 5. The van der Waals surface area contributed by atoms with Crippen LogP contribution in [0.4, 0.5) is 5.69 Å². The van der Waals surface area contributed by atoms with Gasteiger partial charge < -0.3 is 10.2 Å². The summed E-state index contributed by atoms with van der Waals surface area (Å²) in [4.78, 5) is 30.7. The zero-order valence-electron chi connectivity index (χ0n) is 15.7. The Labute approximate surface area is 176 Å². The molecule has 148 valence electrons. The summed E-state index contributed by atoms with van der Waals surface area (Å²) in [6.45, 7) is 1.38. The van der Waals surface area contributed by atoms with E-state index < -0.39 is 0 Å². The first-order valence-corrected chi connectivity index (χ1v) is 10.2. The number of hydrogen-bond donors (Lipinski definition) is 1. The summed E-state index contributed by atoms with van der Waals surface area (Å²) in [5.41, 5.74) is 2.20. The number of amides is 2. The molecule has 2 amide bonds. The number of halogens is 1. The number of anilines is 1. The van der Waals surface area contributed by atoms with Crippen molar-refractivity contribution in [3.05, 3.63) is 76.8 Å². The van der Waals surface area contributed by atoms with E-state index in [4.69, 9.17) is 0 Å². The number of aromatic nitrogens is 3. The SMILES string of the molecule is O=C(Nc1ccc(CC(=O)N2CCC(n3cncn3)C2)cc1)c1ccc(Br)cc1. The Hall–Kier alpha value is -3.00. The lowest BCUT2D eigenvalue weighted by molar-refractivity contribution is -0.129. The fraction of sp³-hybridized carbons (Fsp3) is 0.238. The number of likely N-dealkylation sites (tertiary alicyclic amines) is 1. The van der Waals surface area contributed by atoms with E-state index in [2.05, 4.69) is 31.3 Å². The molecular formula is C21H20BrN5O2. The van der Waals surface area contributed by atoms with E-state index in [1.54, 1.807) is 18.5 Å². The molecule has 1 aliphatic heterocycles. The van der Waals surface area contributed by atoms with Gasteiger partial charge in [0, 0.05) is 28.8 Å². The molecule has 1 atom stereocenters. The Bertz CT molecular complexity index is 987. The van der Waals surface area contributed by atoms with Gasteiger partial charge >= 0.3 is 0 Å². The van der Waals surface area contributed by atoms with Crippen molar-refractivity contribution in [1.82, 2.24) is 19.7 Å². The third-order valence-electron chi connectivity index (χ3n) is 5.00. The number of carbonyl (C=O) groups is 2. The van der Waals surface area contributed by atoms with E-state index in [1.165, 1.54) is 6.33 Å². The zero-order chi connectivity index (χ0) is 20.2. The highest BCUT2D eigenvalue weighted by Crippen LogP contribution is 2.21. The van der Waals surface area contributed by atoms with Crippen LogP contribution >= 0.6 is 15.9 Å². The first-order valence-electron chi connectivity index (χ1n) is 9.36. The van der Waals surface area contributed by atoms with Crippen LogP contribution in [-0.2, 0) is 11.2 Å². The monoisotopic (exact) mass is 453 g/mol. The molecule has 2 heterocycles. The van der Waals surface area contributed by atoms with E-state index in [0.29, 0.717) is 24.2 Å². The molecule has 7 nitrogen and oxygen atoms in total. The van der Waals surface area contributed by atoms with Crippen LogP contribution in [0.2, 0.25) is 0 Å². The normalized spacial score (nSPS) is 16.0. The quantitative estimate of drug-likeness (QED) is 0.642. The maximum absolute atomic E-state index is 12.6. The topological polar surface area (TPSA) is 80.1 Å². The molecule has 8 heteroatoms. The van der Waals surface area contributed by atoms with Crippen molar-refractivity contribution in [3.63, 3.8) is 0 Å². The van der Waals surface area contributed by atoms with Gasteiger partial charge in [-0.05, 0) is 48.4 Å². The highest BCUT2D eigenvalue weighted by atomic mass is 79.9. The second-order valence-electron chi connectivity index (χ2n) is 6.99. The molecule has 1 N–H and O–H groups in total. The van der Waals surface area contributed by atoms with E-state index in [0.717, 1.165) is 23.0 Å². The molecule has 0 radical (unpaired) electrons. The minimum atomic E-state index is -0.169. The highest BCUT2D eigenvalue weighted by Gasteiger charge is 2.27. The molecule has 0 spiro atoms. The van der Waals surface area contributed by atoms with Gasteiger partial charge in [-0.3, -0.25) is 9.59 Å². The van der Waals surface area contributed by atoms with Crippen LogP contribution in [0.25, 0.3) is 0 Å². The van der Waals surface area contributed by atoms with Gasteiger partial charge in [0.05, 0.1) is 12.5 Å². The lowest BCUT2D eigenvalue weighted by Gasteiger charge is -2.16. The number of benzene rings is 2. The molecular weight excluding hydrogens is 434 g/mol. The van der Waals surface area contributed by atoms with Crippen molar-refractivity contribution >= 4 is 33.4 Å². The molecule has 0 aliphatic carbocycles. The summed E-state index contributed by atoms with van der Waals surface area (Å²) in [7, 11) is 0. The summed E-state index contributed by atoms with van der Waals surface area (Å²) in [6.07, 6.45) is 4.43. The van der Waals surface area contributed by atoms with Crippen molar-refractivity contribution in [3.8, 4) is 0 Å². The van der Waals surface area contributed by atoms with Gasteiger partial charge in [0.25, 0.3) is 5.91 Å². The Kier molecular flexibility index (Phi) is 5.71. The van der Waals surface area contributed by atoms with Crippen LogP contribution in [0, 0.1) is 0 Å². The van der Waals surface area contributed by atoms with Gasteiger partial charge in [0.2, 0.25) is 5.91 Å². The molecule has 1 unspecified atom stereocenters. The van der Waals surface area contributed by atoms with Gasteiger partial charge in [-0.15, -0.1) is 0 Å². The average molecular weight is 454 g/mol. The maximum Gasteiger partial charge on any atom is 0.255 e. The zero-order valence-corrected chi connectivity index (χ0v) is 17.2. The van der Waals surface area contributed by atoms with E-state index in [1.807, 2.05) is 46.0 Å². The lowest BCUT2D eigenvalue weighted by Crippen LogP contribution is -2.30. The van der Waals surface area contributed by atoms with Crippen LogP contribution in [0.1, 0.15) is 28.4 Å². The summed E-state index contributed by atoms with van der Waals surface area (Å²) >= 11 is 3.36. The average Bonchev–Trinajstić information content (AvgIpc) is 3.42. The molecule has 3 aromatic rings. The molecule has 1 fully saturated rings. The molecule has 0 bridgehead atoms. The largest absolute Gasteiger partial charge is 0.340 e. The van der Waals surface area contributed by atoms with Gasteiger partial charge in [0.1, 0.15) is 12.7 Å². The number of hydrogen-bond acceptors (Lipinski definition) is 4. The second kappa shape index (κ2) is 8.57. The molecule has 1 saturated heterocycles. The summed E-state index contributed by atoms with van der Waals surface area (Å²) in [5, 5.41) is 7.04. The third kappa shape index (κ3) is 4.71. The van der Waals surface area contributed by atoms with Crippen molar-refractivity contribution in [2.24, 2.45) is 0 Å². The summed E-state index contributed by atoms with van der Waals surface area (Å²) < 4.78 is 2.74. The molecule has 4 rings (SSSR count). The van der Waals surface area contributed by atoms with Crippen molar-refractivity contribution < 1.29 is 9.59 Å². The van der Waals surface area contributed by atoms with E-state index in [9.17, 15) is 9.59 Å². The standard InChI is InChI=1S/C21H20BrN5O2/c22-17-5-3-16(4-6-17)21(29)25-18-7-1-15(2-8-18)11-20(28)26-10-9-19(12-26)27-14-23-13-24-27/h1-8,13-14,19H,9-12H2,(H,25,29). The van der Waals surface area contributed by atoms with Gasteiger partial charge in [0.15, 0.2) is 0 Å². The Morgan fingerprint density at radius 2 is 1.86 bits per heavy atom. The van der Waals surface area contributed by atoms with Crippen molar-refractivity contribution in [1.29, 1.82) is 0 Å². The predicted octanol–water partition coefficient (Wildman–Crippen LogP) is 3.31. The molecule has 1 aromatic heterocycles. The van der Waals surface area contributed by atoms with E-state index in [-0.39, 0.29) is 17.9 Å².